The molecule has 2 atom stereocenters. The lowest BCUT2D eigenvalue weighted by molar-refractivity contribution is -0.117. The first-order valence-corrected chi connectivity index (χ1v) is 13.5. The molecule has 1 aliphatic heterocycles. The molecule has 1 amide bonds. The number of aliphatic hydroxyl groups is 1. The largest absolute Gasteiger partial charge is 0.462 e. The third-order valence-electron chi connectivity index (χ3n) is 6.38. The van der Waals surface area contributed by atoms with Gasteiger partial charge in [-0.1, -0.05) is 53.8 Å². The van der Waals surface area contributed by atoms with E-state index in [1.165, 1.54) is 11.3 Å². The summed E-state index contributed by atoms with van der Waals surface area (Å²) >= 11 is 1.28. The predicted octanol–water partition coefficient (Wildman–Crippen LogP) is 4.10. The molecule has 0 aliphatic carbocycles. The number of anilines is 2. The van der Waals surface area contributed by atoms with Crippen LogP contribution in [0.3, 0.4) is 0 Å². The Labute approximate surface area is 221 Å². The van der Waals surface area contributed by atoms with Gasteiger partial charge in [0, 0.05) is 18.8 Å². The van der Waals surface area contributed by atoms with E-state index < -0.39 is 6.10 Å². The molecule has 2 aromatic carbocycles. The molecular weight excluding hydrogens is 488 g/mol. The number of aliphatic hydroxyl groups excluding tert-OH is 1. The molecule has 3 aromatic rings. The number of hydrogen-bond acceptors (Lipinski definition) is 8. The number of benzene rings is 2. The number of esters is 1. The molecule has 37 heavy (non-hydrogen) atoms. The predicted molar refractivity (Wildman–Crippen MR) is 146 cm³/mol. The second-order valence-electron chi connectivity index (χ2n) is 9.05. The van der Waals surface area contributed by atoms with E-state index in [1.54, 1.807) is 13.8 Å². The van der Waals surface area contributed by atoms with Gasteiger partial charge in [-0.3, -0.25) is 4.79 Å². The number of thiazole rings is 1. The van der Waals surface area contributed by atoms with Gasteiger partial charge in [0.2, 0.25) is 5.91 Å². The van der Waals surface area contributed by atoms with Crippen LogP contribution in [0.5, 0.6) is 0 Å². The van der Waals surface area contributed by atoms with Crippen molar-refractivity contribution in [2.45, 2.75) is 45.3 Å². The second kappa shape index (κ2) is 12.8. The number of nitrogens with one attached hydrogen (secondary N) is 2. The number of rotatable bonds is 11. The minimum Gasteiger partial charge on any atom is -0.462 e. The van der Waals surface area contributed by atoms with Gasteiger partial charge in [-0.2, -0.15) is 0 Å². The van der Waals surface area contributed by atoms with Crippen LogP contribution in [-0.4, -0.2) is 54.2 Å². The van der Waals surface area contributed by atoms with Crippen molar-refractivity contribution in [3.05, 3.63) is 76.3 Å². The highest BCUT2D eigenvalue weighted by atomic mass is 32.1. The van der Waals surface area contributed by atoms with E-state index in [0.29, 0.717) is 28.9 Å². The molecule has 1 saturated heterocycles. The van der Waals surface area contributed by atoms with Gasteiger partial charge in [-0.05, 0) is 62.9 Å². The molecule has 0 saturated carbocycles. The first kappa shape index (κ1) is 26.8. The SMILES string of the molecule is CCOC(=O)c1sc(N2CCC[C@H]2C(=O)Nc2ccc(CCNC[C@H](O)c3ccccc3)cc2)nc1C. The number of amides is 1. The Balaban J connectivity index is 1.27. The van der Waals surface area contributed by atoms with Crippen molar-refractivity contribution in [3.8, 4) is 0 Å². The van der Waals surface area contributed by atoms with E-state index in [0.717, 1.165) is 49.2 Å². The number of aromatic nitrogens is 1. The molecule has 8 nitrogen and oxygen atoms in total. The van der Waals surface area contributed by atoms with Gasteiger partial charge in [0.15, 0.2) is 5.13 Å². The zero-order chi connectivity index (χ0) is 26.2. The molecule has 0 bridgehead atoms. The summed E-state index contributed by atoms with van der Waals surface area (Å²) in [5, 5.41) is 17.3. The number of aryl methyl sites for hydroxylation is 1. The standard InChI is InChI=1S/C28H34N4O4S/c1-3-36-27(35)25-19(2)30-28(37-25)32-17-7-10-23(32)26(34)31-22-13-11-20(12-14-22)15-16-29-18-24(33)21-8-5-4-6-9-21/h4-6,8-9,11-14,23-24,29,33H,3,7,10,15-18H2,1-2H3,(H,31,34)/t23-,24-/m0/s1. The lowest BCUT2D eigenvalue weighted by Gasteiger charge is -2.23. The van der Waals surface area contributed by atoms with E-state index >= 15 is 0 Å². The summed E-state index contributed by atoms with van der Waals surface area (Å²) in [7, 11) is 0. The molecule has 4 rings (SSSR count). The van der Waals surface area contributed by atoms with E-state index in [9.17, 15) is 14.7 Å². The molecule has 2 heterocycles. The van der Waals surface area contributed by atoms with E-state index in [2.05, 4.69) is 15.6 Å². The Kier molecular flexibility index (Phi) is 9.27. The number of nitrogens with zero attached hydrogens (tertiary/aromatic N) is 2. The van der Waals surface area contributed by atoms with Crippen LogP contribution in [0.4, 0.5) is 10.8 Å². The number of ether oxygens (including phenoxy) is 1. The zero-order valence-electron chi connectivity index (χ0n) is 21.3. The highest BCUT2D eigenvalue weighted by Crippen LogP contribution is 2.32. The number of carbonyl (C=O) groups is 2. The Hall–Kier alpha value is -3.27. The molecule has 0 spiro atoms. The van der Waals surface area contributed by atoms with Crippen molar-refractivity contribution in [1.82, 2.24) is 10.3 Å². The fourth-order valence-corrected chi connectivity index (χ4v) is 5.44. The van der Waals surface area contributed by atoms with Crippen molar-refractivity contribution < 1.29 is 19.4 Å². The maximum Gasteiger partial charge on any atom is 0.350 e. The van der Waals surface area contributed by atoms with Crippen LogP contribution in [0.1, 0.15) is 52.4 Å². The number of hydrogen-bond donors (Lipinski definition) is 3. The van der Waals surface area contributed by atoms with Crippen molar-refractivity contribution in [1.29, 1.82) is 0 Å². The van der Waals surface area contributed by atoms with Gasteiger partial charge >= 0.3 is 5.97 Å². The van der Waals surface area contributed by atoms with Gasteiger partial charge in [0.1, 0.15) is 10.9 Å². The first-order chi connectivity index (χ1) is 18.0. The zero-order valence-corrected chi connectivity index (χ0v) is 22.1. The van der Waals surface area contributed by atoms with Crippen molar-refractivity contribution in [2.75, 3.05) is 36.5 Å². The van der Waals surface area contributed by atoms with E-state index in [4.69, 9.17) is 4.74 Å². The lowest BCUT2D eigenvalue weighted by Crippen LogP contribution is -2.39. The molecule has 196 valence electrons. The fourth-order valence-electron chi connectivity index (χ4n) is 4.40. The quantitative estimate of drug-likeness (QED) is 0.257. The summed E-state index contributed by atoms with van der Waals surface area (Å²) in [6, 6.07) is 17.1. The Morgan fingerprint density at radius 2 is 1.95 bits per heavy atom. The molecule has 1 aliphatic rings. The van der Waals surface area contributed by atoms with E-state index in [1.807, 2.05) is 59.5 Å². The van der Waals surface area contributed by atoms with Crippen LogP contribution in [0, 0.1) is 6.92 Å². The Morgan fingerprint density at radius 1 is 1.19 bits per heavy atom. The minimum absolute atomic E-state index is 0.0765. The van der Waals surface area contributed by atoms with Gasteiger partial charge in [0.25, 0.3) is 0 Å². The summed E-state index contributed by atoms with van der Waals surface area (Å²) in [6.07, 6.45) is 1.91. The smallest absolute Gasteiger partial charge is 0.350 e. The van der Waals surface area contributed by atoms with Crippen LogP contribution in [-0.2, 0) is 16.0 Å². The molecular formula is C28H34N4O4S. The Bertz CT molecular complexity index is 1180. The summed E-state index contributed by atoms with van der Waals surface area (Å²) in [5.41, 5.74) is 3.42. The van der Waals surface area contributed by atoms with Crippen LogP contribution < -0.4 is 15.5 Å². The van der Waals surface area contributed by atoms with Crippen LogP contribution in [0.25, 0.3) is 0 Å². The maximum atomic E-state index is 13.1. The summed E-state index contributed by atoms with van der Waals surface area (Å²) in [5.74, 6) is -0.445. The maximum absolute atomic E-state index is 13.1. The van der Waals surface area contributed by atoms with E-state index in [-0.39, 0.29) is 17.9 Å². The molecule has 1 fully saturated rings. The molecule has 0 radical (unpaired) electrons. The fraction of sp³-hybridized carbons (Fsp3) is 0.393. The second-order valence-corrected chi connectivity index (χ2v) is 10.0. The van der Waals surface area contributed by atoms with Gasteiger partial charge in [-0.15, -0.1) is 0 Å². The minimum atomic E-state index is -0.529. The van der Waals surface area contributed by atoms with Crippen molar-refractivity contribution >= 4 is 34.0 Å². The third kappa shape index (κ3) is 6.94. The highest BCUT2D eigenvalue weighted by molar-refractivity contribution is 7.17. The van der Waals surface area contributed by atoms with Crippen LogP contribution in [0.2, 0.25) is 0 Å². The third-order valence-corrected chi connectivity index (χ3v) is 7.56. The summed E-state index contributed by atoms with van der Waals surface area (Å²) < 4.78 is 5.13. The lowest BCUT2D eigenvalue weighted by atomic mass is 10.1. The normalized spacial score (nSPS) is 16.0. The Morgan fingerprint density at radius 3 is 2.68 bits per heavy atom. The van der Waals surface area contributed by atoms with Crippen molar-refractivity contribution in [3.63, 3.8) is 0 Å². The molecule has 0 unspecified atom stereocenters. The summed E-state index contributed by atoms with van der Waals surface area (Å²) in [4.78, 5) is 32.3. The van der Waals surface area contributed by atoms with Crippen LogP contribution in [0.15, 0.2) is 54.6 Å². The average Bonchev–Trinajstić information content (AvgIpc) is 3.55. The number of carbonyl (C=O) groups excluding carboxylic acids is 2. The summed E-state index contributed by atoms with van der Waals surface area (Å²) in [6.45, 7) is 5.84. The molecule has 3 N–H and O–H groups in total. The molecule has 9 heteroatoms. The monoisotopic (exact) mass is 522 g/mol. The van der Waals surface area contributed by atoms with Gasteiger partial charge in [-0.25, -0.2) is 9.78 Å². The van der Waals surface area contributed by atoms with Gasteiger partial charge < -0.3 is 25.4 Å². The topological polar surface area (TPSA) is 104 Å². The van der Waals surface area contributed by atoms with Gasteiger partial charge in [0.05, 0.1) is 18.4 Å². The first-order valence-electron chi connectivity index (χ1n) is 12.7. The molecule has 1 aromatic heterocycles. The van der Waals surface area contributed by atoms with Crippen LogP contribution >= 0.6 is 11.3 Å². The van der Waals surface area contributed by atoms with Crippen molar-refractivity contribution in [2.24, 2.45) is 0 Å². The highest BCUT2D eigenvalue weighted by Gasteiger charge is 2.33. The average molecular weight is 523 g/mol.